The molecule has 1 aromatic rings. The highest BCUT2D eigenvalue weighted by molar-refractivity contribution is 5.97. The van der Waals surface area contributed by atoms with Crippen molar-refractivity contribution >= 4 is 5.84 Å². The molecule has 1 rings (SSSR count). The molecule has 0 aromatic heterocycles. The quantitative estimate of drug-likeness (QED) is 0.562. The van der Waals surface area contributed by atoms with Crippen LogP contribution in [-0.2, 0) is 0 Å². The average molecular weight is 178 g/mol. The second kappa shape index (κ2) is 4.50. The average Bonchev–Trinajstić information content (AvgIpc) is 2.18. The van der Waals surface area contributed by atoms with Gasteiger partial charge in [-0.1, -0.05) is 12.1 Å². The minimum absolute atomic E-state index is 0.529. The Hall–Kier alpha value is -1.51. The summed E-state index contributed by atoms with van der Waals surface area (Å²) in [6, 6.07) is 7.59. The van der Waals surface area contributed by atoms with Gasteiger partial charge in [0.15, 0.2) is 0 Å². The fourth-order valence-corrected chi connectivity index (χ4v) is 1.04. The fourth-order valence-electron chi connectivity index (χ4n) is 1.04. The van der Waals surface area contributed by atoms with E-state index in [-0.39, 0.29) is 0 Å². The standard InChI is InChI=1S/C10H14N2O/c1-3-13-9-6-4-5-8(7-9)10(11)12-2/h4-7H,3H2,1-2H3,(H2,11,12). The lowest BCUT2D eigenvalue weighted by molar-refractivity contribution is 0.340. The molecule has 3 nitrogen and oxygen atoms in total. The van der Waals surface area contributed by atoms with Crippen LogP contribution in [0, 0.1) is 0 Å². The third kappa shape index (κ3) is 2.47. The van der Waals surface area contributed by atoms with Crippen LogP contribution in [0.2, 0.25) is 0 Å². The number of amidine groups is 1. The zero-order valence-corrected chi connectivity index (χ0v) is 7.95. The lowest BCUT2D eigenvalue weighted by Gasteiger charge is -2.04. The minimum Gasteiger partial charge on any atom is -0.494 e. The third-order valence-electron chi connectivity index (χ3n) is 1.68. The van der Waals surface area contributed by atoms with Gasteiger partial charge in [-0.3, -0.25) is 4.99 Å². The molecular formula is C10H14N2O. The van der Waals surface area contributed by atoms with Gasteiger partial charge in [0.1, 0.15) is 11.6 Å². The van der Waals surface area contributed by atoms with Crippen molar-refractivity contribution in [2.75, 3.05) is 13.7 Å². The number of rotatable bonds is 3. The summed E-state index contributed by atoms with van der Waals surface area (Å²) in [6.07, 6.45) is 0. The Morgan fingerprint density at radius 1 is 1.54 bits per heavy atom. The van der Waals surface area contributed by atoms with Gasteiger partial charge in [0.25, 0.3) is 0 Å². The van der Waals surface area contributed by atoms with E-state index in [1.807, 2.05) is 31.2 Å². The van der Waals surface area contributed by atoms with Crippen molar-refractivity contribution < 1.29 is 4.74 Å². The highest BCUT2D eigenvalue weighted by atomic mass is 16.5. The molecule has 0 amide bonds. The number of nitrogens with zero attached hydrogens (tertiary/aromatic N) is 1. The highest BCUT2D eigenvalue weighted by Crippen LogP contribution is 2.12. The summed E-state index contributed by atoms with van der Waals surface area (Å²) in [5, 5.41) is 0. The molecule has 0 aliphatic carbocycles. The van der Waals surface area contributed by atoms with E-state index < -0.39 is 0 Å². The molecule has 70 valence electrons. The summed E-state index contributed by atoms with van der Waals surface area (Å²) < 4.78 is 5.33. The second-order valence-corrected chi connectivity index (χ2v) is 2.57. The Kier molecular flexibility index (Phi) is 3.31. The third-order valence-corrected chi connectivity index (χ3v) is 1.68. The summed E-state index contributed by atoms with van der Waals surface area (Å²) in [5.74, 6) is 1.35. The minimum atomic E-state index is 0.529. The first-order valence-corrected chi connectivity index (χ1v) is 4.23. The predicted molar refractivity (Wildman–Crippen MR) is 54.3 cm³/mol. The van der Waals surface area contributed by atoms with E-state index in [2.05, 4.69) is 4.99 Å². The lowest BCUT2D eigenvalue weighted by atomic mass is 10.2. The number of ether oxygens (including phenoxy) is 1. The highest BCUT2D eigenvalue weighted by Gasteiger charge is 1.98. The lowest BCUT2D eigenvalue weighted by Crippen LogP contribution is -2.12. The summed E-state index contributed by atoms with van der Waals surface area (Å²) in [6.45, 7) is 2.61. The molecule has 0 aliphatic heterocycles. The summed E-state index contributed by atoms with van der Waals surface area (Å²) in [7, 11) is 1.67. The van der Waals surface area contributed by atoms with E-state index >= 15 is 0 Å². The fraction of sp³-hybridized carbons (Fsp3) is 0.300. The van der Waals surface area contributed by atoms with Crippen LogP contribution in [0.25, 0.3) is 0 Å². The van der Waals surface area contributed by atoms with E-state index in [4.69, 9.17) is 10.5 Å². The molecule has 13 heavy (non-hydrogen) atoms. The normalized spacial score (nSPS) is 11.4. The van der Waals surface area contributed by atoms with Crippen LogP contribution in [0.3, 0.4) is 0 Å². The van der Waals surface area contributed by atoms with Gasteiger partial charge in [-0.05, 0) is 19.1 Å². The molecule has 0 saturated carbocycles. The Morgan fingerprint density at radius 2 is 2.31 bits per heavy atom. The van der Waals surface area contributed by atoms with Gasteiger partial charge in [0.2, 0.25) is 0 Å². The van der Waals surface area contributed by atoms with Crippen molar-refractivity contribution in [1.29, 1.82) is 0 Å². The number of hydrogen-bond donors (Lipinski definition) is 1. The Bertz CT molecular complexity index is 308. The van der Waals surface area contributed by atoms with Crippen molar-refractivity contribution in [3.63, 3.8) is 0 Å². The van der Waals surface area contributed by atoms with Crippen molar-refractivity contribution in [3.05, 3.63) is 29.8 Å². The first-order chi connectivity index (χ1) is 6.27. The van der Waals surface area contributed by atoms with Gasteiger partial charge in [-0.2, -0.15) is 0 Å². The molecule has 3 heteroatoms. The van der Waals surface area contributed by atoms with Crippen LogP contribution in [0.15, 0.2) is 29.3 Å². The molecule has 2 N–H and O–H groups in total. The Labute approximate surface area is 78.2 Å². The molecule has 0 aliphatic rings. The van der Waals surface area contributed by atoms with Crippen LogP contribution in [0.5, 0.6) is 5.75 Å². The molecule has 0 heterocycles. The Morgan fingerprint density at radius 3 is 2.92 bits per heavy atom. The summed E-state index contributed by atoms with van der Waals surface area (Å²) in [4.78, 5) is 3.90. The topological polar surface area (TPSA) is 47.6 Å². The largest absolute Gasteiger partial charge is 0.494 e. The van der Waals surface area contributed by atoms with Gasteiger partial charge >= 0.3 is 0 Å². The summed E-state index contributed by atoms with van der Waals surface area (Å²) >= 11 is 0. The van der Waals surface area contributed by atoms with Crippen LogP contribution in [0.1, 0.15) is 12.5 Å². The van der Waals surface area contributed by atoms with Crippen LogP contribution >= 0.6 is 0 Å². The van der Waals surface area contributed by atoms with Gasteiger partial charge in [0.05, 0.1) is 6.61 Å². The van der Waals surface area contributed by atoms with E-state index in [9.17, 15) is 0 Å². The van der Waals surface area contributed by atoms with Crippen LogP contribution in [-0.4, -0.2) is 19.5 Å². The molecule has 0 atom stereocenters. The molecular weight excluding hydrogens is 164 g/mol. The number of nitrogens with two attached hydrogens (primary N) is 1. The van der Waals surface area contributed by atoms with Gasteiger partial charge in [-0.15, -0.1) is 0 Å². The van der Waals surface area contributed by atoms with Gasteiger partial charge < -0.3 is 10.5 Å². The first-order valence-electron chi connectivity index (χ1n) is 4.23. The molecule has 1 aromatic carbocycles. The number of aliphatic imine (C=N–C) groups is 1. The zero-order chi connectivity index (χ0) is 9.68. The summed E-state index contributed by atoms with van der Waals surface area (Å²) in [5.41, 5.74) is 6.55. The van der Waals surface area contributed by atoms with E-state index in [0.29, 0.717) is 12.4 Å². The van der Waals surface area contributed by atoms with E-state index in [1.54, 1.807) is 7.05 Å². The van der Waals surface area contributed by atoms with Crippen molar-refractivity contribution in [1.82, 2.24) is 0 Å². The maximum atomic E-state index is 5.65. The van der Waals surface area contributed by atoms with Crippen molar-refractivity contribution in [2.45, 2.75) is 6.92 Å². The SMILES string of the molecule is CCOc1cccc(C(N)=NC)c1. The number of hydrogen-bond acceptors (Lipinski definition) is 2. The molecule has 0 radical (unpaired) electrons. The monoisotopic (exact) mass is 178 g/mol. The Balaban J connectivity index is 2.91. The van der Waals surface area contributed by atoms with Crippen molar-refractivity contribution in [3.8, 4) is 5.75 Å². The zero-order valence-electron chi connectivity index (χ0n) is 7.95. The number of benzene rings is 1. The molecule has 0 unspecified atom stereocenters. The molecule has 0 bridgehead atoms. The van der Waals surface area contributed by atoms with Crippen LogP contribution in [0.4, 0.5) is 0 Å². The second-order valence-electron chi connectivity index (χ2n) is 2.57. The predicted octanol–water partition coefficient (Wildman–Crippen LogP) is 1.42. The van der Waals surface area contributed by atoms with E-state index in [0.717, 1.165) is 11.3 Å². The first kappa shape index (κ1) is 9.58. The van der Waals surface area contributed by atoms with E-state index in [1.165, 1.54) is 0 Å². The molecule has 0 spiro atoms. The maximum absolute atomic E-state index is 5.65. The van der Waals surface area contributed by atoms with Crippen LogP contribution < -0.4 is 10.5 Å². The smallest absolute Gasteiger partial charge is 0.125 e. The maximum Gasteiger partial charge on any atom is 0.125 e. The molecule has 0 fully saturated rings. The van der Waals surface area contributed by atoms with Crippen molar-refractivity contribution in [2.24, 2.45) is 10.7 Å². The molecule has 0 saturated heterocycles. The van der Waals surface area contributed by atoms with Gasteiger partial charge in [-0.25, -0.2) is 0 Å². The van der Waals surface area contributed by atoms with Gasteiger partial charge in [0, 0.05) is 12.6 Å².